The van der Waals surface area contributed by atoms with E-state index in [1.165, 1.54) is 51.4 Å². The first kappa shape index (κ1) is 47.0. The summed E-state index contributed by atoms with van der Waals surface area (Å²) in [5, 5.41) is 9.57. The van der Waals surface area contributed by atoms with E-state index in [1.54, 1.807) is 0 Å². The van der Waals surface area contributed by atoms with Crippen molar-refractivity contribution in [3.05, 3.63) is 109 Å². The van der Waals surface area contributed by atoms with Crippen LogP contribution in [0.4, 0.5) is 0 Å². The highest BCUT2D eigenvalue weighted by Crippen LogP contribution is 2.09. The zero-order chi connectivity index (χ0) is 36.3. The van der Waals surface area contributed by atoms with Gasteiger partial charge in [0.1, 0.15) is 6.10 Å². The van der Waals surface area contributed by atoms with Gasteiger partial charge in [-0.3, -0.25) is 4.79 Å². The first-order valence-electron chi connectivity index (χ1n) is 20.0. The van der Waals surface area contributed by atoms with E-state index in [9.17, 15) is 9.90 Å². The lowest BCUT2D eigenvalue weighted by atomic mass is 10.1. The van der Waals surface area contributed by atoms with Crippen LogP contribution >= 0.6 is 0 Å². The molecule has 0 fully saturated rings. The largest absolute Gasteiger partial charge is 0.457 e. The van der Waals surface area contributed by atoms with Crippen LogP contribution in [0.3, 0.4) is 0 Å². The van der Waals surface area contributed by atoms with E-state index < -0.39 is 6.10 Å². The minimum absolute atomic E-state index is 0.207. The van der Waals surface area contributed by atoms with Crippen molar-refractivity contribution < 1.29 is 19.4 Å². The van der Waals surface area contributed by atoms with Gasteiger partial charge in [0.2, 0.25) is 0 Å². The summed E-state index contributed by atoms with van der Waals surface area (Å²) in [7, 11) is 0. The zero-order valence-electron chi connectivity index (χ0n) is 32.1. The Kier molecular flexibility index (Phi) is 39.7. The van der Waals surface area contributed by atoms with Crippen LogP contribution in [0.2, 0.25) is 0 Å². The fraction of sp³-hybridized carbons (Fsp3) is 0.587. The number of rotatable bonds is 35. The van der Waals surface area contributed by atoms with Gasteiger partial charge in [0.25, 0.3) is 0 Å². The molecular formula is C46H74O4. The molecule has 0 aliphatic carbocycles. The third-order valence-electron chi connectivity index (χ3n) is 7.83. The molecule has 1 atom stereocenters. The highest BCUT2D eigenvalue weighted by Gasteiger charge is 2.13. The van der Waals surface area contributed by atoms with Crippen molar-refractivity contribution in [2.45, 2.75) is 155 Å². The quantitative estimate of drug-likeness (QED) is 0.0408. The van der Waals surface area contributed by atoms with E-state index in [2.05, 4.69) is 123 Å². The van der Waals surface area contributed by atoms with Gasteiger partial charge in [-0.1, -0.05) is 162 Å². The van der Waals surface area contributed by atoms with Gasteiger partial charge in [-0.05, 0) is 89.9 Å². The molecule has 0 heterocycles. The summed E-state index contributed by atoms with van der Waals surface area (Å²) in [6.45, 7) is 5.08. The van der Waals surface area contributed by atoms with Crippen molar-refractivity contribution in [1.29, 1.82) is 0 Å². The molecule has 4 nitrogen and oxygen atoms in total. The number of aliphatic hydroxyl groups is 1. The Labute approximate surface area is 308 Å². The molecule has 0 aliphatic heterocycles. The normalized spacial score (nSPS) is 13.6. The molecular weight excluding hydrogens is 617 g/mol. The van der Waals surface area contributed by atoms with Crippen molar-refractivity contribution in [2.24, 2.45) is 0 Å². The predicted octanol–water partition coefficient (Wildman–Crippen LogP) is 13.1. The van der Waals surface area contributed by atoms with Crippen molar-refractivity contribution in [3.8, 4) is 0 Å². The summed E-state index contributed by atoms with van der Waals surface area (Å²) in [5.74, 6) is -0.267. The average molecular weight is 691 g/mol. The molecule has 282 valence electrons. The van der Waals surface area contributed by atoms with E-state index in [4.69, 9.17) is 9.47 Å². The predicted molar refractivity (Wildman–Crippen MR) is 218 cm³/mol. The molecule has 0 aromatic carbocycles. The van der Waals surface area contributed by atoms with Gasteiger partial charge in [-0.2, -0.15) is 0 Å². The number of allylic oxidation sites excluding steroid dienone is 18. The first-order valence-corrected chi connectivity index (χ1v) is 20.0. The van der Waals surface area contributed by atoms with Gasteiger partial charge in [0, 0.05) is 13.0 Å². The number of hydrogen-bond donors (Lipinski definition) is 1. The summed E-state index contributed by atoms with van der Waals surface area (Å²) >= 11 is 0. The molecule has 0 spiro atoms. The van der Waals surface area contributed by atoms with Crippen LogP contribution in [0.1, 0.15) is 149 Å². The summed E-state index contributed by atoms with van der Waals surface area (Å²) in [4.78, 5) is 12.2. The van der Waals surface area contributed by atoms with Crippen LogP contribution in [-0.2, 0) is 14.3 Å². The number of unbranched alkanes of at least 4 members (excludes halogenated alkanes) is 9. The van der Waals surface area contributed by atoms with Crippen LogP contribution in [0.25, 0.3) is 0 Å². The number of carbonyl (C=O) groups is 1. The second-order valence-corrected chi connectivity index (χ2v) is 12.6. The molecule has 0 radical (unpaired) electrons. The highest BCUT2D eigenvalue weighted by molar-refractivity contribution is 5.69. The fourth-order valence-corrected chi connectivity index (χ4v) is 4.86. The number of carbonyl (C=O) groups excluding carboxylic acids is 1. The van der Waals surface area contributed by atoms with Crippen LogP contribution < -0.4 is 0 Å². The monoisotopic (exact) mass is 691 g/mol. The first-order chi connectivity index (χ1) is 24.7. The number of aliphatic hydroxyl groups excluding tert-OH is 1. The van der Waals surface area contributed by atoms with E-state index in [-0.39, 0.29) is 19.2 Å². The lowest BCUT2D eigenvalue weighted by Crippen LogP contribution is -2.27. The van der Waals surface area contributed by atoms with Gasteiger partial charge in [0.15, 0.2) is 0 Å². The second kappa shape index (κ2) is 42.2. The summed E-state index contributed by atoms with van der Waals surface area (Å²) in [5.41, 5.74) is 0. The second-order valence-electron chi connectivity index (χ2n) is 12.6. The molecule has 0 aromatic rings. The lowest BCUT2D eigenvalue weighted by molar-refractivity contribution is -0.154. The van der Waals surface area contributed by atoms with Crippen molar-refractivity contribution >= 4 is 5.97 Å². The summed E-state index contributed by atoms with van der Waals surface area (Å²) in [6.07, 6.45) is 61.4. The molecule has 0 amide bonds. The van der Waals surface area contributed by atoms with E-state index in [0.29, 0.717) is 13.0 Å². The Morgan fingerprint density at radius 3 is 1.36 bits per heavy atom. The van der Waals surface area contributed by atoms with E-state index in [1.807, 2.05) is 0 Å². The number of ether oxygens (including phenoxy) is 2. The van der Waals surface area contributed by atoms with Gasteiger partial charge in [-0.15, -0.1) is 0 Å². The summed E-state index contributed by atoms with van der Waals surface area (Å²) < 4.78 is 11.1. The Hall–Kier alpha value is -2.95. The van der Waals surface area contributed by atoms with Crippen LogP contribution in [0.15, 0.2) is 109 Å². The molecule has 50 heavy (non-hydrogen) atoms. The molecule has 1 N–H and O–H groups in total. The van der Waals surface area contributed by atoms with Gasteiger partial charge >= 0.3 is 5.97 Å². The summed E-state index contributed by atoms with van der Waals surface area (Å²) in [6, 6.07) is 0. The molecule has 1 unspecified atom stereocenters. The Balaban J connectivity index is 3.65. The van der Waals surface area contributed by atoms with Crippen molar-refractivity contribution in [1.82, 2.24) is 0 Å². The standard InChI is InChI=1S/C46H74O4/c1-3-5-7-9-11-13-15-17-19-20-21-22-23-24-25-26-27-29-31-33-35-37-39-41-46(48)50-45(43-47)44-49-42-40-38-36-34-32-30-28-18-16-14-12-10-8-6-4-2/h5,7,10-13,16-19,21-22,24-25,27,29,33,35,45,47H,3-4,6,8-9,14-15,20,23,26,28,30-32,34,36-44H2,1-2H3/b7-5-,12-10-,13-11-,18-16-,19-17-,22-21-,25-24-,29-27-,35-33-. The molecule has 0 aliphatic rings. The Morgan fingerprint density at radius 1 is 0.500 bits per heavy atom. The number of esters is 1. The van der Waals surface area contributed by atoms with Gasteiger partial charge in [0.05, 0.1) is 13.2 Å². The van der Waals surface area contributed by atoms with Crippen LogP contribution in [0.5, 0.6) is 0 Å². The topological polar surface area (TPSA) is 55.8 Å². The number of hydrogen-bond acceptors (Lipinski definition) is 4. The molecule has 0 saturated carbocycles. The fourth-order valence-electron chi connectivity index (χ4n) is 4.86. The van der Waals surface area contributed by atoms with Crippen molar-refractivity contribution in [3.63, 3.8) is 0 Å². The average Bonchev–Trinajstić information content (AvgIpc) is 3.12. The highest BCUT2D eigenvalue weighted by atomic mass is 16.6. The molecule has 0 aromatic heterocycles. The smallest absolute Gasteiger partial charge is 0.306 e. The molecule has 0 bridgehead atoms. The zero-order valence-corrected chi connectivity index (χ0v) is 32.1. The van der Waals surface area contributed by atoms with Crippen molar-refractivity contribution in [2.75, 3.05) is 19.8 Å². The minimum atomic E-state index is -0.578. The SMILES string of the molecule is CC/C=C\C/C=C\C/C=C\C/C=C\C/C=C\C/C=C\C/C=C\CCCC(=O)OC(CO)COCCCCCCCC/C=C\C/C=C\CCCC. The Morgan fingerprint density at radius 2 is 0.900 bits per heavy atom. The third-order valence-corrected chi connectivity index (χ3v) is 7.83. The maximum Gasteiger partial charge on any atom is 0.306 e. The van der Waals surface area contributed by atoms with Crippen LogP contribution in [-0.4, -0.2) is 37.0 Å². The third kappa shape index (κ3) is 39.5. The Bertz CT molecular complexity index is 992. The van der Waals surface area contributed by atoms with Crippen LogP contribution in [0, 0.1) is 0 Å². The van der Waals surface area contributed by atoms with Gasteiger partial charge in [-0.25, -0.2) is 0 Å². The molecule has 0 rings (SSSR count). The minimum Gasteiger partial charge on any atom is -0.457 e. The molecule has 0 saturated heterocycles. The lowest BCUT2D eigenvalue weighted by Gasteiger charge is -2.15. The van der Waals surface area contributed by atoms with E-state index in [0.717, 1.165) is 77.0 Å². The molecule has 4 heteroatoms. The maximum atomic E-state index is 12.2. The van der Waals surface area contributed by atoms with E-state index >= 15 is 0 Å². The van der Waals surface area contributed by atoms with Gasteiger partial charge < -0.3 is 14.6 Å². The maximum absolute atomic E-state index is 12.2.